The number of aromatic nitrogens is 3. The molecule has 5 aromatic rings. The first-order valence-corrected chi connectivity index (χ1v) is 14.8. The Balaban J connectivity index is 1.07. The fourth-order valence-electron chi connectivity index (χ4n) is 5.71. The second-order valence-electron chi connectivity index (χ2n) is 10.8. The van der Waals surface area contributed by atoms with Gasteiger partial charge in [-0.25, -0.2) is 4.98 Å². The quantitative estimate of drug-likeness (QED) is 0.223. The van der Waals surface area contributed by atoms with E-state index in [1.54, 1.807) is 6.20 Å². The molecule has 1 aliphatic carbocycles. The highest BCUT2D eigenvalue weighted by Gasteiger charge is 2.28. The first-order chi connectivity index (χ1) is 19.6. The van der Waals surface area contributed by atoms with Crippen LogP contribution in [-0.4, -0.2) is 44.5 Å². The van der Waals surface area contributed by atoms with Crippen molar-refractivity contribution in [3.8, 4) is 22.4 Å². The van der Waals surface area contributed by atoms with Crippen LogP contribution in [0, 0.1) is 0 Å². The van der Waals surface area contributed by atoms with Gasteiger partial charge in [-0.2, -0.15) is 9.61 Å². The molecule has 7 rings (SSSR count). The second-order valence-corrected chi connectivity index (χ2v) is 11.6. The fraction of sp³-hybridized carbons (Fsp3) is 0.242. The predicted octanol–water partition coefficient (Wildman–Crippen LogP) is 7.42. The number of halogens is 1. The zero-order valence-corrected chi connectivity index (χ0v) is 23.7. The number of piperidine rings is 1. The number of benzene rings is 3. The van der Waals surface area contributed by atoms with Gasteiger partial charge in [0.05, 0.1) is 16.4 Å². The summed E-state index contributed by atoms with van der Waals surface area (Å²) in [6.07, 6.45) is 6.03. The van der Waals surface area contributed by atoms with E-state index < -0.39 is 0 Å². The van der Waals surface area contributed by atoms with Crippen LogP contribution in [0.3, 0.4) is 0 Å². The summed E-state index contributed by atoms with van der Waals surface area (Å²) in [7, 11) is 0. The lowest BCUT2D eigenvalue weighted by molar-refractivity contribution is 0.0718. The van der Waals surface area contributed by atoms with E-state index in [-0.39, 0.29) is 11.9 Å². The molecular formula is C33H30BrN5O. The second kappa shape index (κ2) is 10.5. The zero-order valence-electron chi connectivity index (χ0n) is 22.1. The van der Waals surface area contributed by atoms with E-state index in [4.69, 9.17) is 4.98 Å². The van der Waals surface area contributed by atoms with Gasteiger partial charge in [-0.3, -0.25) is 4.79 Å². The number of hydrogen-bond acceptors (Lipinski definition) is 4. The number of likely N-dealkylation sites (tertiary alicyclic amines) is 1. The van der Waals surface area contributed by atoms with E-state index in [1.165, 1.54) is 24.0 Å². The van der Waals surface area contributed by atoms with E-state index >= 15 is 0 Å². The van der Waals surface area contributed by atoms with E-state index in [2.05, 4.69) is 68.8 Å². The van der Waals surface area contributed by atoms with Crippen molar-refractivity contribution in [3.05, 3.63) is 107 Å². The third-order valence-corrected chi connectivity index (χ3v) is 8.62. The van der Waals surface area contributed by atoms with Crippen LogP contribution in [0.2, 0.25) is 0 Å². The van der Waals surface area contributed by atoms with Gasteiger partial charge in [-0.05, 0) is 76.4 Å². The van der Waals surface area contributed by atoms with Crippen LogP contribution < -0.4 is 5.32 Å². The minimum absolute atomic E-state index is 0.0966. The van der Waals surface area contributed by atoms with Crippen LogP contribution in [0.5, 0.6) is 0 Å². The molecule has 0 spiro atoms. The smallest absolute Gasteiger partial charge is 0.253 e. The summed E-state index contributed by atoms with van der Waals surface area (Å²) in [6.45, 7) is 1.43. The highest BCUT2D eigenvalue weighted by molar-refractivity contribution is 9.10. The van der Waals surface area contributed by atoms with Gasteiger partial charge >= 0.3 is 0 Å². The lowest BCUT2D eigenvalue weighted by atomic mass is 10.00. The van der Waals surface area contributed by atoms with Crippen molar-refractivity contribution in [2.75, 3.05) is 18.4 Å². The van der Waals surface area contributed by atoms with Crippen LogP contribution in [0.4, 0.5) is 5.82 Å². The number of anilines is 1. The van der Waals surface area contributed by atoms with Crippen molar-refractivity contribution in [1.82, 2.24) is 19.5 Å². The zero-order chi connectivity index (χ0) is 27.1. The normalized spacial score (nSPS) is 15.9. The van der Waals surface area contributed by atoms with Gasteiger partial charge in [0.2, 0.25) is 0 Å². The monoisotopic (exact) mass is 591 g/mol. The molecule has 1 saturated carbocycles. The molecular weight excluding hydrogens is 562 g/mol. The summed E-state index contributed by atoms with van der Waals surface area (Å²) in [5.74, 6) is 1.66. The van der Waals surface area contributed by atoms with Crippen molar-refractivity contribution in [2.24, 2.45) is 0 Å². The summed E-state index contributed by atoms with van der Waals surface area (Å²) in [4.78, 5) is 20.2. The van der Waals surface area contributed by atoms with E-state index in [9.17, 15) is 4.79 Å². The van der Waals surface area contributed by atoms with Crippen LogP contribution in [0.1, 0.15) is 47.5 Å². The molecule has 40 heavy (non-hydrogen) atoms. The summed E-state index contributed by atoms with van der Waals surface area (Å²) in [5.41, 5.74) is 7.35. The molecule has 3 heterocycles. The van der Waals surface area contributed by atoms with Crippen molar-refractivity contribution >= 4 is 33.3 Å². The molecule has 0 radical (unpaired) electrons. The first kappa shape index (κ1) is 25.0. The number of fused-ring (bicyclic) bond motifs is 1. The van der Waals surface area contributed by atoms with Crippen molar-refractivity contribution < 1.29 is 4.79 Å². The number of nitrogens with one attached hydrogen (secondary N) is 1. The topological polar surface area (TPSA) is 62.5 Å². The lowest BCUT2D eigenvalue weighted by Gasteiger charge is -2.33. The largest absolute Gasteiger partial charge is 0.367 e. The van der Waals surface area contributed by atoms with E-state index in [0.29, 0.717) is 19.0 Å². The average molecular weight is 593 g/mol. The van der Waals surface area contributed by atoms with Gasteiger partial charge in [0, 0.05) is 36.3 Å². The van der Waals surface area contributed by atoms with Crippen LogP contribution in [-0.2, 0) is 0 Å². The van der Waals surface area contributed by atoms with Crippen molar-refractivity contribution in [3.63, 3.8) is 0 Å². The lowest BCUT2D eigenvalue weighted by Crippen LogP contribution is -2.42. The standard InChI is InChI=1S/C33H30BrN5O/c34-29-21-35-39-31(20-30(37-32(29)39)28-9-5-4-8-27(28)24-12-13-24)36-26-16-18-38(19-17-26)33(40)25-14-10-23(11-15-25)22-6-2-1-3-7-22/h1-11,14-15,20-21,24,26,36H,12-13,16-19H2. The van der Waals surface area contributed by atoms with Crippen LogP contribution in [0.15, 0.2) is 95.6 Å². The Labute approximate surface area is 242 Å². The van der Waals surface area contributed by atoms with E-state index in [1.807, 2.05) is 51.9 Å². The molecule has 2 fully saturated rings. The molecule has 1 amide bonds. The fourth-order valence-corrected chi connectivity index (χ4v) is 6.06. The summed E-state index contributed by atoms with van der Waals surface area (Å²) < 4.78 is 2.75. The Hall–Kier alpha value is -3.97. The number of hydrogen-bond donors (Lipinski definition) is 1. The van der Waals surface area contributed by atoms with Gasteiger partial charge in [0.25, 0.3) is 5.91 Å². The van der Waals surface area contributed by atoms with Gasteiger partial charge in [0.15, 0.2) is 5.65 Å². The molecule has 0 unspecified atom stereocenters. The minimum atomic E-state index is 0.0966. The number of amides is 1. The molecule has 7 heteroatoms. The number of carbonyl (C=O) groups is 1. The highest BCUT2D eigenvalue weighted by Crippen LogP contribution is 2.44. The van der Waals surface area contributed by atoms with Gasteiger partial charge < -0.3 is 10.2 Å². The molecule has 1 N–H and O–H groups in total. The average Bonchev–Trinajstić information content (AvgIpc) is 3.80. The molecule has 200 valence electrons. The number of rotatable bonds is 6. The molecule has 2 aliphatic rings. The maximum atomic E-state index is 13.3. The molecule has 0 bridgehead atoms. The molecule has 3 aromatic carbocycles. The van der Waals surface area contributed by atoms with Crippen LogP contribution in [0.25, 0.3) is 28.0 Å². The number of nitrogens with zero attached hydrogens (tertiary/aromatic N) is 4. The summed E-state index contributed by atoms with van der Waals surface area (Å²) >= 11 is 3.64. The molecule has 6 nitrogen and oxygen atoms in total. The molecule has 2 aromatic heterocycles. The van der Waals surface area contributed by atoms with Gasteiger partial charge in [-0.15, -0.1) is 0 Å². The molecule has 1 aliphatic heterocycles. The van der Waals surface area contributed by atoms with Crippen molar-refractivity contribution in [2.45, 2.75) is 37.6 Å². The number of carbonyl (C=O) groups excluding carboxylic acids is 1. The van der Waals surface area contributed by atoms with Crippen LogP contribution >= 0.6 is 15.9 Å². The predicted molar refractivity (Wildman–Crippen MR) is 163 cm³/mol. The maximum Gasteiger partial charge on any atom is 0.253 e. The Kier molecular flexibility index (Phi) is 6.60. The SMILES string of the molecule is O=C(c1ccc(-c2ccccc2)cc1)N1CCC(Nc2cc(-c3ccccc3C3CC3)nc3c(Br)cnn23)CC1. The van der Waals surface area contributed by atoms with Crippen molar-refractivity contribution in [1.29, 1.82) is 0 Å². The Bertz CT molecular complexity index is 1670. The maximum absolute atomic E-state index is 13.3. The van der Waals surface area contributed by atoms with E-state index in [0.717, 1.165) is 51.2 Å². The Morgan fingerprint density at radius 2 is 1.55 bits per heavy atom. The third kappa shape index (κ3) is 4.90. The first-order valence-electron chi connectivity index (χ1n) is 14.0. The third-order valence-electron chi connectivity index (χ3n) is 8.06. The van der Waals surface area contributed by atoms with Gasteiger partial charge in [0.1, 0.15) is 5.82 Å². The molecule has 0 atom stereocenters. The Morgan fingerprint density at radius 3 is 2.30 bits per heavy atom. The minimum Gasteiger partial charge on any atom is -0.367 e. The molecule has 1 saturated heterocycles. The highest BCUT2D eigenvalue weighted by atomic mass is 79.9. The summed E-state index contributed by atoms with van der Waals surface area (Å²) in [6, 6.07) is 29.2. The Morgan fingerprint density at radius 1 is 0.850 bits per heavy atom. The van der Waals surface area contributed by atoms with Gasteiger partial charge in [-0.1, -0.05) is 66.7 Å². The summed E-state index contributed by atoms with van der Waals surface area (Å²) in [5, 5.41) is 8.32.